The van der Waals surface area contributed by atoms with E-state index >= 15 is 0 Å². The van der Waals surface area contributed by atoms with Gasteiger partial charge in [0.05, 0.1) is 9.35 Å². The highest BCUT2D eigenvalue weighted by Gasteiger charge is 2.06. The van der Waals surface area contributed by atoms with E-state index < -0.39 is 0 Å². The van der Waals surface area contributed by atoms with E-state index in [1.807, 2.05) is 11.4 Å². The number of carbonyl (C=O) groups is 1. The van der Waals surface area contributed by atoms with Crippen LogP contribution in [0, 0.1) is 0 Å². The lowest BCUT2D eigenvalue weighted by molar-refractivity contribution is 0.0953. The Balaban J connectivity index is 2.19. The summed E-state index contributed by atoms with van der Waals surface area (Å²) in [5.41, 5.74) is 0.703. The summed E-state index contributed by atoms with van der Waals surface area (Å²) >= 11 is 4.82. The molecule has 84 valence electrons. The Morgan fingerprint density at radius 3 is 2.87 bits per heavy atom. The first kappa shape index (κ1) is 12.7. The van der Waals surface area contributed by atoms with Gasteiger partial charge < -0.3 is 10.4 Å². The van der Waals surface area contributed by atoms with Crippen molar-refractivity contribution in [2.75, 3.05) is 13.2 Å². The van der Waals surface area contributed by atoms with Crippen LogP contribution in [0.3, 0.4) is 0 Å². The number of aliphatic hydroxyl groups is 1. The molecule has 0 bridgehead atoms. The Bertz CT molecular complexity index is 314. The quantitative estimate of drug-likeness (QED) is 0.791. The van der Waals surface area contributed by atoms with E-state index in [9.17, 15) is 4.79 Å². The Labute approximate surface area is 102 Å². The molecule has 5 heteroatoms. The number of amides is 1. The maximum absolute atomic E-state index is 11.5. The highest BCUT2D eigenvalue weighted by molar-refractivity contribution is 9.11. The predicted molar refractivity (Wildman–Crippen MR) is 65.3 cm³/mol. The van der Waals surface area contributed by atoms with E-state index in [-0.39, 0.29) is 12.5 Å². The molecule has 0 unspecified atom stereocenters. The van der Waals surface area contributed by atoms with Gasteiger partial charge >= 0.3 is 0 Å². The minimum absolute atomic E-state index is 0.0269. The summed E-state index contributed by atoms with van der Waals surface area (Å²) < 4.78 is 0.966. The van der Waals surface area contributed by atoms with Crippen molar-refractivity contribution >= 4 is 33.2 Å². The Morgan fingerprint density at radius 1 is 1.47 bits per heavy atom. The number of rotatable bonds is 6. The molecule has 0 fully saturated rings. The number of halogens is 1. The maximum atomic E-state index is 11.5. The van der Waals surface area contributed by atoms with E-state index in [1.54, 1.807) is 0 Å². The highest BCUT2D eigenvalue weighted by atomic mass is 79.9. The molecule has 0 saturated carbocycles. The van der Waals surface area contributed by atoms with Crippen LogP contribution in [0.15, 0.2) is 15.2 Å². The summed E-state index contributed by atoms with van der Waals surface area (Å²) in [7, 11) is 0. The van der Waals surface area contributed by atoms with Crippen molar-refractivity contribution in [2.24, 2.45) is 0 Å². The topological polar surface area (TPSA) is 49.3 Å². The van der Waals surface area contributed by atoms with Crippen LogP contribution < -0.4 is 5.32 Å². The number of hydrogen-bond donors (Lipinski definition) is 2. The van der Waals surface area contributed by atoms with Crippen LogP contribution in [0.5, 0.6) is 0 Å². The molecule has 1 aromatic heterocycles. The summed E-state index contributed by atoms with van der Waals surface area (Å²) in [4.78, 5) is 11.5. The van der Waals surface area contributed by atoms with E-state index in [0.717, 1.165) is 23.0 Å². The number of aliphatic hydroxyl groups excluding tert-OH is 1. The van der Waals surface area contributed by atoms with Crippen LogP contribution in [-0.2, 0) is 0 Å². The van der Waals surface area contributed by atoms with Gasteiger partial charge in [-0.15, -0.1) is 11.3 Å². The largest absolute Gasteiger partial charge is 0.396 e. The minimum atomic E-state index is -0.0269. The molecule has 0 aliphatic carbocycles. The van der Waals surface area contributed by atoms with Crippen LogP contribution in [0.1, 0.15) is 29.6 Å². The van der Waals surface area contributed by atoms with Crippen molar-refractivity contribution in [3.05, 3.63) is 20.8 Å². The molecule has 0 aromatic carbocycles. The maximum Gasteiger partial charge on any atom is 0.252 e. The average Bonchev–Trinajstić information content (AvgIpc) is 2.64. The summed E-state index contributed by atoms with van der Waals surface area (Å²) in [5, 5.41) is 13.2. The van der Waals surface area contributed by atoms with Gasteiger partial charge in [0.1, 0.15) is 0 Å². The lowest BCUT2D eigenvalue weighted by Crippen LogP contribution is -2.23. The van der Waals surface area contributed by atoms with Gasteiger partial charge in [-0.25, -0.2) is 0 Å². The summed E-state index contributed by atoms with van der Waals surface area (Å²) in [6.45, 7) is 0.901. The molecule has 0 aliphatic heterocycles. The normalized spacial score (nSPS) is 10.3. The van der Waals surface area contributed by atoms with Crippen LogP contribution in [0.25, 0.3) is 0 Å². The Morgan fingerprint density at radius 2 is 2.27 bits per heavy atom. The third-order valence-corrected chi connectivity index (χ3v) is 3.45. The lowest BCUT2D eigenvalue weighted by Gasteiger charge is -2.02. The fraction of sp³-hybridized carbons (Fsp3) is 0.500. The van der Waals surface area contributed by atoms with Crippen molar-refractivity contribution in [3.63, 3.8) is 0 Å². The van der Waals surface area contributed by atoms with Gasteiger partial charge in [0, 0.05) is 18.5 Å². The van der Waals surface area contributed by atoms with Gasteiger partial charge in [-0.3, -0.25) is 4.79 Å². The summed E-state index contributed by atoms with van der Waals surface area (Å²) in [6, 6.07) is 1.81. The van der Waals surface area contributed by atoms with Crippen LogP contribution in [-0.4, -0.2) is 24.2 Å². The standard InChI is InChI=1S/C10H14BrNO2S/c11-9-6-8(7-15-9)10(14)12-4-2-1-3-5-13/h6-7,13H,1-5H2,(H,12,14). The molecular formula is C10H14BrNO2S. The number of thiophene rings is 1. The molecule has 2 N–H and O–H groups in total. The van der Waals surface area contributed by atoms with Crippen molar-refractivity contribution in [2.45, 2.75) is 19.3 Å². The first-order chi connectivity index (χ1) is 7.24. The zero-order chi connectivity index (χ0) is 11.1. The number of hydrogen-bond acceptors (Lipinski definition) is 3. The monoisotopic (exact) mass is 291 g/mol. The predicted octanol–water partition coefficient (Wildman–Crippen LogP) is 2.40. The van der Waals surface area contributed by atoms with Gasteiger partial charge in [0.2, 0.25) is 0 Å². The highest BCUT2D eigenvalue weighted by Crippen LogP contribution is 2.20. The first-order valence-electron chi connectivity index (χ1n) is 4.87. The third kappa shape index (κ3) is 4.77. The van der Waals surface area contributed by atoms with Crippen molar-refractivity contribution < 1.29 is 9.90 Å². The second-order valence-corrected chi connectivity index (χ2v) is 5.47. The molecule has 3 nitrogen and oxygen atoms in total. The molecule has 1 amide bonds. The second-order valence-electron chi connectivity index (χ2n) is 3.18. The van der Waals surface area contributed by atoms with Crippen LogP contribution in [0.4, 0.5) is 0 Å². The zero-order valence-electron chi connectivity index (χ0n) is 8.33. The average molecular weight is 292 g/mol. The van der Waals surface area contributed by atoms with Crippen molar-refractivity contribution in [3.8, 4) is 0 Å². The van der Waals surface area contributed by atoms with E-state index in [4.69, 9.17) is 5.11 Å². The van der Waals surface area contributed by atoms with Gasteiger partial charge in [0.15, 0.2) is 0 Å². The van der Waals surface area contributed by atoms with Gasteiger partial charge in [0.25, 0.3) is 5.91 Å². The number of carbonyl (C=O) groups excluding carboxylic acids is 1. The molecule has 0 radical (unpaired) electrons. The Hall–Kier alpha value is -0.390. The molecule has 0 atom stereocenters. The van der Waals surface area contributed by atoms with E-state index in [1.165, 1.54) is 11.3 Å². The minimum Gasteiger partial charge on any atom is -0.396 e. The first-order valence-corrected chi connectivity index (χ1v) is 6.54. The molecule has 0 spiro atoms. The third-order valence-electron chi connectivity index (χ3n) is 1.95. The zero-order valence-corrected chi connectivity index (χ0v) is 10.7. The summed E-state index contributed by atoms with van der Waals surface area (Å²) in [5.74, 6) is -0.0269. The number of nitrogens with one attached hydrogen (secondary N) is 1. The molecule has 1 heterocycles. The summed E-state index contributed by atoms with van der Waals surface area (Å²) in [6.07, 6.45) is 2.67. The SMILES string of the molecule is O=C(NCCCCCO)c1csc(Br)c1. The Kier molecular flexibility index (Phi) is 5.90. The lowest BCUT2D eigenvalue weighted by atomic mass is 10.2. The van der Waals surface area contributed by atoms with Gasteiger partial charge in [-0.2, -0.15) is 0 Å². The van der Waals surface area contributed by atoms with E-state index in [2.05, 4.69) is 21.2 Å². The fourth-order valence-corrected chi connectivity index (χ4v) is 2.28. The second kappa shape index (κ2) is 6.98. The molecule has 0 saturated heterocycles. The molecular weight excluding hydrogens is 278 g/mol. The number of unbranched alkanes of at least 4 members (excludes halogenated alkanes) is 2. The fourth-order valence-electron chi connectivity index (χ4n) is 1.15. The van der Waals surface area contributed by atoms with E-state index in [0.29, 0.717) is 12.1 Å². The van der Waals surface area contributed by atoms with Crippen LogP contribution in [0.2, 0.25) is 0 Å². The molecule has 0 aliphatic rings. The van der Waals surface area contributed by atoms with Crippen molar-refractivity contribution in [1.29, 1.82) is 0 Å². The van der Waals surface area contributed by atoms with Gasteiger partial charge in [-0.05, 0) is 41.3 Å². The van der Waals surface area contributed by atoms with Gasteiger partial charge in [-0.1, -0.05) is 0 Å². The van der Waals surface area contributed by atoms with Crippen molar-refractivity contribution in [1.82, 2.24) is 5.32 Å². The molecule has 15 heavy (non-hydrogen) atoms. The smallest absolute Gasteiger partial charge is 0.252 e. The molecule has 1 aromatic rings. The molecule has 1 rings (SSSR count). The van der Waals surface area contributed by atoms with Crippen LogP contribution >= 0.6 is 27.3 Å².